The highest BCUT2D eigenvalue weighted by Crippen LogP contribution is 2.29. The molecule has 96 valence electrons. The van der Waals surface area contributed by atoms with Gasteiger partial charge < -0.3 is 5.32 Å². The van der Waals surface area contributed by atoms with Crippen molar-refractivity contribution in [3.63, 3.8) is 0 Å². The van der Waals surface area contributed by atoms with Crippen molar-refractivity contribution in [1.29, 1.82) is 0 Å². The van der Waals surface area contributed by atoms with Gasteiger partial charge in [-0.25, -0.2) is 0 Å². The van der Waals surface area contributed by atoms with Crippen molar-refractivity contribution >= 4 is 22.6 Å². The molecule has 0 amide bonds. The van der Waals surface area contributed by atoms with Crippen LogP contribution in [0.2, 0.25) is 0 Å². The minimum Gasteiger partial charge on any atom is -0.335 e. The van der Waals surface area contributed by atoms with Gasteiger partial charge in [-0.1, -0.05) is 55.6 Å². The van der Waals surface area contributed by atoms with Gasteiger partial charge in [-0.15, -0.1) is 0 Å². The molecule has 0 unspecified atom stereocenters. The van der Waals surface area contributed by atoms with Crippen molar-refractivity contribution in [2.45, 2.75) is 38.6 Å². The first-order valence-corrected chi connectivity index (χ1v) is 7.92. The molecule has 1 aromatic rings. The molecule has 0 atom stereocenters. The molecule has 1 N–H and O–H groups in total. The van der Waals surface area contributed by atoms with Crippen LogP contribution in [0.1, 0.15) is 37.7 Å². The Labute approximate surface area is 113 Å². The molecule has 0 bridgehead atoms. The van der Waals surface area contributed by atoms with E-state index in [4.69, 9.17) is 0 Å². The molecule has 0 saturated heterocycles. The lowest BCUT2D eigenvalue weighted by atomic mass is 10.1. The number of rotatable bonds is 3. The van der Waals surface area contributed by atoms with E-state index in [1.807, 2.05) is 11.8 Å². The van der Waals surface area contributed by atoms with Gasteiger partial charge in [0.15, 0.2) is 5.17 Å². The Morgan fingerprint density at radius 3 is 2.94 bits per heavy atom. The number of nitrogens with one attached hydrogen (secondary N) is 1. The zero-order valence-corrected chi connectivity index (χ0v) is 11.5. The molecule has 1 heterocycles. The number of anilines is 1. The third-order valence-corrected chi connectivity index (χ3v) is 4.84. The summed E-state index contributed by atoms with van der Waals surface area (Å²) >= 11 is 1.89. The zero-order valence-electron chi connectivity index (χ0n) is 10.7. The van der Waals surface area contributed by atoms with Crippen molar-refractivity contribution in [3.05, 3.63) is 29.8 Å². The molecule has 1 fully saturated rings. The maximum Gasteiger partial charge on any atom is 0.161 e. The lowest BCUT2D eigenvalue weighted by molar-refractivity contribution is 0.535. The molecule has 2 nitrogen and oxygen atoms in total. The standard InChI is InChI=1S/C15H20N2S/c1-2-6-12(5-1)9-10-18-15-16-11-13-7-3-4-8-14(13)17-15/h3-4,7-8,12H,1-2,5-6,9-11H2,(H,16,17). The van der Waals surface area contributed by atoms with Crippen LogP contribution >= 0.6 is 11.8 Å². The van der Waals surface area contributed by atoms with Gasteiger partial charge in [-0.2, -0.15) is 0 Å². The Hall–Kier alpha value is -0.960. The van der Waals surface area contributed by atoms with Crippen molar-refractivity contribution in [2.24, 2.45) is 10.9 Å². The van der Waals surface area contributed by atoms with Crippen LogP contribution in [-0.2, 0) is 6.54 Å². The molecular formula is C15H20N2S. The fourth-order valence-corrected chi connectivity index (χ4v) is 3.78. The van der Waals surface area contributed by atoms with E-state index >= 15 is 0 Å². The van der Waals surface area contributed by atoms with Crippen molar-refractivity contribution in [2.75, 3.05) is 11.1 Å². The summed E-state index contributed by atoms with van der Waals surface area (Å²) in [6, 6.07) is 8.44. The maximum absolute atomic E-state index is 4.60. The highest BCUT2D eigenvalue weighted by Gasteiger charge is 2.16. The average Bonchev–Trinajstić information content (AvgIpc) is 2.92. The summed E-state index contributed by atoms with van der Waals surface area (Å²) in [5.41, 5.74) is 2.54. The first kappa shape index (κ1) is 12.1. The van der Waals surface area contributed by atoms with Gasteiger partial charge in [-0.3, -0.25) is 4.99 Å². The molecule has 0 spiro atoms. The summed E-state index contributed by atoms with van der Waals surface area (Å²) in [5, 5.41) is 4.54. The van der Waals surface area contributed by atoms with Crippen LogP contribution in [-0.4, -0.2) is 10.9 Å². The predicted molar refractivity (Wildman–Crippen MR) is 80.2 cm³/mol. The summed E-state index contributed by atoms with van der Waals surface area (Å²) < 4.78 is 0. The predicted octanol–water partition coefficient (Wildman–Crippen LogP) is 4.28. The molecule has 1 aliphatic carbocycles. The van der Waals surface area contributed by atoms with Crippen LogP contribution in [0.15, 0.2) is 29.3 Å². The van der Waals surface area contributed by atoms with E-state index in [2.05, 4.69) is 34.6 Å². The van der Waals surface area contributed by atoms with E-state index in [-0.39, 0.29) is 0 Å². The van der Waals surface area contributed by atoms with E-state index in [9.17, 15) is 0 Å². The number of thioether (sulfide) groups is 1. The van der Waals surface area contributed by atoms with Gasteiger partial charge in [0, 0.05) is 11.4 Å². The number of fused-ring (bicyclic) bond motifs is 1. The van der Waals surface area contributed by atoms with Crippen molar-refractivity contribution in [1.82, 2.24) is 0 Å². The fourth-order valence-electron chi connectivity index (χ4n) is 2.79. The second kappa shape index (κ2) is 5.79. The number of hydrogen-bond acceptors (Lipinski definition) is 3. The van der Waals surface area contributed by atoms with Crippen LogP contribution in [0.3, 0.4) is 0 Å². The smallest absolute Gasteiger partial charge is 0.161 e. The van der Waals surface area contributed by atoms with Crippen LogP contribution < -0.4 is 5.32 Å². The summed E-state index contributed by atoms with van der Waals surface area (Å²) in [7, 11) is 0. The fraction of sp³-hybridized carbons (Fsp3) is 0.533. The minimum absolute atomic E-state index is 0.828. The Balaban J connectivity index is 1.48. The van der Waals surface area contributed by atoms with Crippen LogP contribution in [0.5, 0.6) is 0 Å². The van der Waals surface area contributed by atoms with E-state index in [0.29, 0.717) is 0 Å². The molecule has 0 aromatic heterocycles. The number of amidine groups is 1. The Kier molecular flexibility index (Phi) is 3.89. The van der Waals surface area contributed by atoms with Crippen molar-refractivity contribution in [3.8, 4) is 0 Å². The summed E-state index contributed by atoms with van der Waals surface area (Å²) in [6.45, 7) is 0.828. The van der Waals surface area contributed by atoms with Gasteiger partial charge in [0.2, 0.25) is 0 Å². The zero-order chi connectivity index (χ0) is 12.2. The summed E-state index contributed by atoms with van der Waals surface area (Å²) in [4.78, 5) is 4.60. The third kappa shape index (κ3) is 2.89. The first-order valence-electron chi connectivity index (χ1n) is 6.94. The lowest BCUT2D eigenvalue weighted by Gasteiger charge is -2.18. The van der Waals surface area contributed by atoms with E-state index in [0.717, 1.165) is 17.6 Å². The SMILES string of the molecule is c1ccc2c(c1)CN=C(SCCC1CCCC1)N2. The largest absolute Gasteiger partial charge is 0.335 e. The quantitative estimate of drug-likeness (QED) is 0.877. The maximum atomic E-state index is 4.60. The van der Waals surface area contributed by atoms with Gasteiger partial charge >= 0.3 is 0 Å². The molecule has 3 heteroatoms. The molecule has 1 saturated carbocycles. The van der Waals surface area contributed by atoms with Crippen molar-refractivity contribution < 1.29 is 0 Å². The number of nitrogens with zero attached hydrogens (tertiary/aromatic N) is 1. The van der Waals surface area contributed by atoms with Crippen LogP contribution in [0.25, 0.3) is 0 Å². The highest BCUT2D eigenvalue weighted by molar-refractivity contribution is 8.14. The van der Waals surface area contributed by atoms with E-state index in [1.165, 1.54) is 49.1 Å². The van der Waals surface area contributed by atoms with Gasteiger partial charge in [0.1, 0.15) is 0 Å². The normalized spacial score (nSPS) is 19.2. The first-order chi connectivity index (χ1) is 8.92. The van der Waals surface area contributed by atoms with Gasteiger partial charge in [0.05, 0.1) is 6.54 Å². The van der Waals surface area contributed by atoms with Crippen LogP contribution in [0.4, 0.5) is 5.69 Å². The number of hydrogen-bond donors (Lipinski definition) is 1. The number of para-hydroxylation sites is 1. The molecule has 1 aromatic carbocycles. The second-order valence-corrected chi connectivity index (χ2v) is 6.27. The summed E-state index contributed by atoms with van der Waals surface area (Å²) in [5.74, 6) is 2.19. The average molecular weight is 260 g/mol. The number of benzene rings is 1. The monoisotopic (exact) mass is 260 g/mol. The molecular weight excluding hydrogens is 240 g/mol. The van der Waals surface area contributed by atoms with E-state index in [1.54, 1.807) is 0 Å². The second-order valence-electron chi connectivity index (χ2n) is 5.19. The highest BCUT2D eigenvalue weighted by atomic mass is 32.2. The molecule has 0 radical (unpaired) electrons. The molecule has 18 heavy (non-hydrogen) atoms. The Morgan fingerprint density at radius 2 is 2.06 bits per heavy atom. The van der Waals surface area contributed by atoms with E-state index < -0.39 is 0 Å². The lowest BCUT2D eigenvalue weighted by Crippen LogP contribution is -2.15. The summed E-state index contributed by atoms with van der Waals surface area (Å²) in [6.07, 6.45) is 7.14. The molecule has 1 aliphatic heterocycles. The Bertz CT molecular complexity index is 436. The Morgan fingerprint density at radius 1 is 1.22 bits per heavy atom. The molecule has 2 aliphatic rings. The third-order valence-electron chi connectivity index (χ3n) is 3.89. The number of aliphatic imine (C=N–C) groups is 1. The minimum atomic E-state index is 0.828. The topological polar surface area (TPSA) is 24.4 Å². The van der Waals surface area contributed by atoms with Gasteiger partial charge in [-0.05, 0) is 24.0 Å². The van der Waals surface area contributed by atoms with Crippen LogP contribution in [0, 0.1) is 5.92 Å². The molecule has 3 rings (SSSR count). The van der Waals surface area contributed by atoms with Gasteiger partial charge in [0.25, 0.3) is 0 Å².